The van der Waals surface area contributed by atoms with Gasteiger partial charge in [0.25, 0.3) is 0 Å². The van der Waals surface area contributed by atoms with Gasteiger partial charge in [-0.1, -0.05) is 12.1 Å². The number of halogens is 3. The number of carbonyl (C=O) groups is 2. The summed E-state index contributed by atoms with van der Waals surface area (Å²) in [5.41, 5.74) is -0.562. The molecule has 1 saturated heterocycles. The summed E-state index contributed by atoms with van der Waals surface area (Å²) in [4.78, 5) is 28.1. The van der Waals surface area contributed by atoms with E-state index in [-0.39, 0.29) is 18.7 Å². The van der Waals surface area contributed by atoms with Crippen LogP contribution in [0.2, 0.25) is 0 Å². The molecule has 0 radical (unpaired) electrons. The molecule has 1 aromatic carbocycles. The van der Waals surface area contributed by atoms with Crippen LogP contribution in [0.15, 0.2) is 23.2 Å². The van der Waals surface area contributed by atoms with Crippen LogP contribution in [-0.2, 0) is 22.3 Å². The average molecular weight is 297 g/mol. The van der Waals surface area contributed by atoms with Crippen molar-refractivity contribution in [2.24, 2.45) is 4.99 Å². The fourth-order valence-electron chi connectivity index (χ4n) is 2.47. The van der Waals surface area contributed by atoms with Crippen molar-refractivity contribution in [1.29, 1.82) is 0 Å². The molecule has 1 fully saturated rings. The number of hydrogen-bond acceptors (Lipinski definition) is 4. The molecule has 1 N–H and O–H groups in total. The van der Waals surface area contributed by atoms with Gasteiger partial charge in [-0.05, 0) is 11.6 Å². The maximum absolute atomic E-state index is 12.9. The van der Waals surface area contributed by atoms with Crippen molar-refractivity contribution in [3.8, 4) is 0 Å². The molecule has 0 saturated carbocycles. The Hall–Kier alpha value is -2.38. The minimum Gasteiger partial charge on any atom is -0.346 e. The monoisotopic (exact) mass is 297 g/mol. The average Bonchev–Trinajstić information content (AvgIpc) is 2.75. The van der Waals surface area contributed by atoms with Gasteiger partial charge < -0.3 is 4.90 Å². The van der Waals surface area contributed by atoms with Gasteiger partial charge in [-0.25, -0.2) is 4.99 Å². The van der Waals surface area contributed by atoms with E-state index in [1.807, 2.05) is 0 Å². The highest BCUT2D eigenvalue weighted by atomic mass is 19.4. The van der Waals surface area contributed by atoms with E-state index in [1.54, 1.807) is 0 Å². The van der Waals surface area contributed by atoms with Crippen molar-refractivity contribution in [2.75, 3.05) is 0 Å². The highest BCUT2D eigenvalue weighted by molar-refractivity contribution is 6.06. The van der Waals surface area contributed by atoms with Crippen LogP contribution in [0, 0.1) is 0 Å². The molecule has 5 nitrogen and oxygen atoms in total. The molecule has 110 valence electrons. The Balaban J connectivity index is 1.92. The van der Waals surface area contributed by atoms with E-state index >= 15 is 0 Å². The minimum atomic E-state index is -4.48. The maximum Gasteiger partial charge on any atom is 0.418 e. The summed E-state index contributed by atoms with van der Waals surface area (Å²) in [5.74, 6) is -0.852. The summed E-state index contributed by atoms with van der Waals surface area (Å²) in [6, 6.07) is 3.09. The van der Waals surface area contributed by atoms with E-state index in [2.05, 4.69) is 10.3 Å². The van der Waals surface area contributed by atoms with Crippen LogP contribution in [0.1, 0.15) is 17.5 Å². The largest absolute Gasteiger partial charge is 0.418 e. The van der Waals surface area contributed by atoms with Crippen LogP contribution < -0.4 is 5.32 Å². The number of fused-ring (bicyclic) bond motifs is 1. The zero-order valence-electron chi connectivity index (χ0n) is 10.6. The fourth-order valence-corrected chi connectivity index (χ4v) is 2.47. The van der Waals surface area contributed by atoms with Gasteiger partial charge in [-0.2, -0.15) is 13.2 Å². The molecule has 8 heteroatoms. The number of aliphatic imine (C=N–C) groups is 1. The van der Waals surface area contributed by atoms with Crippen LogP contribution in [0.4, 0.5) is 18.9 Å². The summed E-state index contributed by atoms with van der Waals surface area (Å²) in [6.45, 7) is 0.105. The van der Waals surface area contributed by atoms with Crippen LogP contribution in [0.5, 0.6) is 0 Å². The van der Waals surface area contributed by atoms with Crippen LogP contribution >= 0.6 is 0 Å². The number of nitrogens with one attached hydrogen (secondary N) is 1. The molecule has 1 aromatic rings. The van der Waals surface area contributed by atoms with Crippen molar-refractivity contribution in [3.05, 3.63) is 29.3 Å². The number of carbonyl (C=O) groups excluding carboxylic acids is 2. The van der Waals surface area contributed by atoms with Gasteiger partial charge in [0.2, 0.25) is 11.8 Å². The van der Waals surface area contributed by atoms with E-state index in [0.29, 0.717) is 5.56 Å². The van der Waals surface area contributed by atoms with Gasteiger partial charge >= 0.3 is 6.18 Å². The molecule has 2 aliphatic rings. The zero-order valence-corrected chi connectivity index (χ0v) is 10.6. The lowest BCUT2D eigenvalue weighted by Crippen LogP contribution is -2.40. The quantitative estimate of drug-likeness (QED) is 0.801. The first-order valence-electron chi connectivity index (χ1n) is 6.19. The first-order chi connectivity index (χ1) is 9.86. The van der Waals surface area contributed by atoms with Crippen LogP contribution in [-0.4, -0.2) is 29.1 Å². The summed E-state index contributed by atoms with van der Waals surface area (Å²) < 4.78 is 38.7. The number of hydrogen-bond donors (Lipinski definition) is 1. The van der Waals surface area contributed by atoms with Crippen LogP contribution in [0.3, 0.4) is 0 Å². The van der Waals surface area contributed by atoms with Crippen molar-refractivity contribution in [1.82, 2.24) is 10.2 Å². The van der Waals surface area contributed by atoms with Crippen LogP contribution in [0.25, 0.3) is 0 Å². The molecule has 2 amide bonds. The Bertz CT molecular complexity index is 655. The lowest BCUT2D eigenvalue weighted by molar-refractivity contribution is -0.137. The molecule has 0 aliphatic carbocycles. The molecule has 3 rings (SSSR count). The van der Waals surface area contributed by atoms with Gasteiger partial charge in [0.1, 0.15) is 6.04 Å². The van der Waals surface area contributed by atoms with Gasteiger partial charge in [0.05, 0.1) is 24.0 Å². The van der Waals surface area contributed by atoms with Crippen molar-refractivity contribution in [2.45, 2.75) is 25.2 Å². The summed E-state index contributed by atoms with van der Waals surface area (Å²) in [6.07, 6.45) is -3.30. The standard InChI is InChI=1S/C13H10F3N3O2/c14-13(15,16)8-3-1-2-7-5-19(6-17-11(7)8)9-4-10(20)18-12(9)21/h1-3,6,9H,4-5H2,(H,18,20,21). The molecular weight excluding hydrogens is 287 g/mol. The molecule has 1 unspecified atom stereocenters. The lowest BCUT2D eigenvalue weighted by Gasteiger charge is -2.28. The number of imide groups is 1. The Kier molecular flexibility index (Phi) is 2.96. The second-order valence-corrected chi connectivity index (χ2v) is 4.86. The molecule has 0 spiro atoms. The third-order valence-electron chi connectivity index (χ3n) is 3.46. The normalized spacial score (nSPS) is 21.5. The van der Waals surface area contributed by atoms with Gasteiger partial charge in [-0.3, -0.25) is 14.9 Å². The first-order valence-corrected chi connectivity index (χ1v) is 6.19. The number of benzene rings is 1. The topological polar surface area (TPSA) is 61.8 Å². The number of amides is 2. The number of para-hydroxylation sites is 1. The second-order valence-electron chi connectivity index (χ2n) is 4.86. The fraction of sp³-hybridized carbons (Fsp3) is 0.308. The molecule has 2 heterocycles. The Morgan fingerprint density at radius 3 is 2.67 bits per heavy atom. The minimum absolute atomic E-state index is 0.0147. The summed E-state index contributed by atoms with van der Waals surface area (Å²) >= 11 is 0. The van der Waals surface area contributed by atoms with Crippen molar-refractivity contribution in [3.63, 3.8) is 0 Å². The molecule has 0 aromatic heterocycles. The molecule has 1 atom stereocenters. The molecular formula is C13H10F3N3O2. The summed E-state index contributed by atoms with van der Waals surface area (Å²) in [7, 11) is 0. The van der Waals surface area contributed by atoms with Gasteiger partial charge in [0.15, 0.2) is 0 Å². The highest BCUT2D eigenvalue weighted by Crippen LogP contribution is 2.40. The predicted molar refractivity (Wildman–Crippen MR) is 66.7 cm³/mol. The summed E-state index contributed by atoms with van der Waals surface area (Å²) in [5, 5.41) is 2.16. The van der Waals surface area contributed by atoms with Gasteiger partial charge in [-0.15, -0.1) is 0 Å². The molecule has 2 aliphatic heterocycles. The van der Waals surface area contributed by atoms with Crippen molar-refractivity contribution < 1.29 is 22.8 Å². The second kappa shape index (κ2) is 4.57. The number of rotatable bonds is 1. The van der Waals surface area contributed by atoms with Gasteiger partial charge in [0, 0.05) is 6.54 Å². The number of alkyl halides is 3. The third kappa shape index (κ3) is 2.37. The van der Waals surface area contributed by atoms with E-state index in [1.165, 1.54) is 23.4 Å². The smallest absolute Gasteiger partial charge is 0.346 e. The van der Waals surface area contributed by atoms with E-state index in [9.17, 15) is 22.8 Å². The Morgan fingerprint density at radius 2 is 2.05 bits per heavy atom. The molecule has 21 heavy (non-hydrogen) atoms. The highest BCUT2D eigenvalue weighted by Gasteiger charge is 2.38. The van der Waals surface area contributed by atoms with Crippen molar-refractivity contribution >= 4 is 23.8 Å². The predicted octanol–water partition coefficient (Wildman–Crippen LogP) is 1.60. The first kappa shape index (κ1) is 13.6. The SMILES string of the molecule is O=C1CC(N2C=Nc3c(cccc3C(F)(F)F)C2)C(=O)N1. The van der Waals surface area contributed by atoms with E-state index in [4.69, 9.17) is 0 Å². The Labute approximate surface area is 117 Å². The van der Waals surface area contributed by atoms with E-state index in [0.717, 1.165) is 6.07 Å². The number of nitrogens with zero attached hydrogens (tertiary/aromatic N) is 2. The van der Waals surface area contributed by atoms with E-state index < -0.39 is 29.6 Å². The zero-order chi connectivity index (χ0) is 15.2. The Morgan fingerprint density at radius 1 is 1.29 bits per heavy atom. The maximum atomic E-state index is 12.9. The molecule has 0 bridgehead atoms. The lowest BCUT2D eigenvalue weighted by atomic mass is 10.0. The third-order valence-corrected chi connectivity index (χ3v) is 3.46.